The monoisotopic (exact) mass is 237 g/mol. The smallest absolute Gasteiger partial charge is 0.0267 e. The van der Waals surface area contributed by atoms with E-state index in [1.807, 2.05) is 0 Å². The van der Waals surface area contributed by atoms with Gasteiger partial charge in [0.25, 0.3) is 0 Å². The Morgan fingerprint density at radius 2 is 2.12 bits per heavy atom. The molecule has 3 unspecified atom stereocenters. The molecule has 3 heteroatoms. The molecule has 3 aliphatic heterocycles. The minimum Gasteiger partial charge on any atom is -0.315 e. The third-order valence-corrected chi connectivity index (χ3v) is 5.11. The van der Waals surface area contributed by atoms with Gasteiger partial charge >= 0.3 is 0 Å². The Morgan fingerprint density at radius 1 is 1.18 bits per heavy atom. The number of hydrogen-bond donors (Lipinski definition) is 1. The van der Waals surface area contributed by atoms with Crippen LogP contribution in [0.1, 0.15) is 39.0 Å². The Morgan fingerprint density at radius 3 is 2.88 bits per heavy atom. The molecular formula is C14H27N3. The van der Waals surface area contributed by atoms with Crippen molar-refractivity contribution < 1.29 is 0 Å². The zero-order valence-corrected chi connectivity index (χ0v) is 11.2. The molecule has 3 nitrogen and oxygen atoms in total. The fourth-order valence-corrected chi connectivity index (χ4v) is 4.29. The quantitative estimate of drug-likeness (QED) is 0.798. The van der Waals surface area contributed by atoms with Crippen LogP contribution in [0.4, 0.5) is 0 Å². The van der Waals surface area contributed by atoms with Gasteiger partial charge in [0.1, 0.15) is 0 Å². The van der Waals surface area contributed by atoms with Gasteiger partial charge in [0.05, 0.1) is 0 Å². The predicted molar refractivity (Wildman–Crippen MR) is 71.3 cm³/mol. The maximum atomic E-state index is 3.53. The fraction of sp³-hybridized carbons (Fsp3) is 1.00. The zero-order valence-electron chi connectivity index (χ0n) is 11.2. The Labute approximate surface area is 106 Å². The highest BCUT2D eigenvalue weighted by molar-refractivity contribution is 4.98. The molecule has 0 saturated carbocycles. The summed E-state index contributed by atoms with van der Waals surface area (Å²) < 4.78 is 0. The molecule has 3 fully saturated rings. The summed E-state index contributed by atoms with van der Waals surface area (Å²) in [5.74, 6) is 0. The molecule has 3 saturated heterocycles. The van der Waals surface area contributed by atoms with Gasteiger partial charge in [-0.3, -0.25) is 9.80 Å². The van der Waals surface area contributed by atoms with Crippen LogP contribution >= 0.6 is 0 Å². The van der Waals surface area contributed by atoms with Crippen LogP contribution in [-0.4, -0.2) is 60.6 Å². The number of likely N-dealkylation sites (N-methyl/N-ethyl adjacent to an activating group) is 1. The van der Waals surface area contributed by atoms with Crippen LogP contribution in [0, 0.1) is 0 Å². The SMILES string of the molecule is CCN(C1CCNC1)C1CCN2CCCCC12. The van der Waals surface area contributed by atoms with Crippen molar-refractivity contribution in [2.24, 2.45) is 0 Å². The molecule has 3 heterocycles. The van der Waals surface area contributed by atoms with Crippen LogP contribution in [-0.2, 0) is 0 Å². The largest absolute Gasteiger partial charge is 0.315 e. The van der Waals surface area contributed by atoms with Crippen molar-refractivity contribution in [1.29, 1.82) is 0 Å². The average molecular weight is 237 g/mol. The first-order valence-corrected chi connectivity index (χ1v) is 7.60. The maximum absolute atomic E-state index is 3.53. The van der Waals surface area contributed by atoms with E-state index >= 15 is 0 Å². The molecule has 0 amide bonds. The predicted octanol–water partition coefficient (Wildman–Crippen LogP) is 1.30. The van der Waals surface area contributed by atoms with Crippen molar-refractivity contribution in [2.45, 2.75) is 57.2 Å². The molecule has 0 aromatic rings. The molecule has 1 N–H and O–H groups in total. The summed E-state index contributed by atoms with van der Waals surface area (Å²) in [7, 11) is 0. The maximum Gasteiger partial charge on any atom is 0.0267 e. The van der Waals surface area contributed by atoms with E-state index in [4.69, 9.17) is 0 Å². The summed E-state index contributed by atoms with van der Waals surface area (Å²) >= 11 is 0. The average Bonchev–Trinajstić information content (AvgIpc) is 3.01. The van der Waals surface area contributed by atoms with E-state index in [0.29, 0.717) is 0 Å². The molecule has 0 aromatic heterocycles. The molecule has 0 aromatic carbocycles. The third-order valence-electron chi connectivity index (χ3n) is 5.11. The van der Waals surface area contributed by atoms with Crippen LogP contribution in [0.25, 0.3) is 0 Å². The fourth-order valence-electron chi connectivity index (χ4n) is 4.29. The van der Waals surface area contributed by atoms with Crippen LogP contribution in [0.2, 0.25) is 0 Å². The van der Waals surface area contributed by atoms with Crippen molar-refractivity contribution in [1.82, 2.24) is 15.1 Å². The molecule has 98 valence electrons. The summed E-state index contributed by atoms with van der Waals surface area (Å²) in [6.45, 7) is 8.75. The molecule has 3 atom stereocenters. The van der Waals surface area contributed by atoms with Gasteiger partial charge in [-0.1, -0.05) is 13.3 Å². The highest BCUT2D eigenvalue weighted by Gasteiger charge is 2.40. The zero-order chi connectivity index (χ0) is 11.7. The molecule has 3 aliphatic rings. The lowest BCUT2D eigenvalue weighted by molar-refractivity contribution is 0.0910. The van der Waals surface area contributed by atoms with Gasteiger partial charge in [0, 0.05) is 31.2 Å². The molecule has 0 spiro atoms. The number of hydrogen-bond acceptors (Lipinski definition) is 3. The number of piperidine rings is 1. The normalized spacial score (nSPS) is 38.8. The lowest BCUT2D eigenvalue weighted by atomic mass is 9.96. The van der Waals surface area contributed by atoms with Crippen molar-refractivity contribution in [2.75, 3.05) is 32.7 Å². The Bertz CT molecular complexity index is 250. The Balaban J connectivity index is 1.68. The summed E-state index contributed by atoms with van der Waals surface area (Å²) in [4.78, 5) is 5.58. The lowest BCUT2D eigenvalue weighted by Gasteiger charge is -2.40. The standard InChI is InChI=1S/C14H27N3/c1-2-17(12-6-8-15-11-12)14-7-10-16-9-4-3-5-13(14)16/h12-15H,2-11H2,1H3. The molecule has 3 rings (SSSR count). The van der Waals surface area contributed by atoms with Gasteiger partial charge in [0.15, 0.2) is 0 Å². The minimum atomic E-state index is 0.812. The van der Waals surface area contributed by atoms with Gasteiger partial charge < -0.3 is 5.32 Å². The van der Waals surface area contributed by atoms with E-state index in [2.05, 4.69) is 22.0 Å². The van der Waals surface area contributed by atoms with Crippen LogP contribution in [0.5, 0.6) is 0 Å². The highest BCUT2D eigenvalue weighted by Crippen LogP contribution is 2.32. The lowest BCUT2D eigenvalue weighted by Crippen LogP contribution is -2.51. The van der Waals surface area contributed by atoms with Gasteiger partial charge in [0.2, 0.25) is 0 Å². The highest BCUT2D eigenvalue weighted by atomic mass is 15.3. The van der Waals surface area contributed by atoms with E-state index in [9.17, 15) is 0 Å². The first kappa shape index (κ1) is 11.9. The van der Waals surface area contributed by atoms with E-state index in [1.54, 1.807) is 0 Å². The van der Waals surface area contributed by atoms with E-state index < -0.39 is 0 Å². The van der Waals surface area contributed by atoms with Gasteiger partial charge in [-0.15, -0.1) is 0 Å². The van der Waals surface area contributed by atoms with Crippen molar-refractivity contribution in [3.8, 4) is 0 Å². The van der Waals surface area contributed by atoms with Gasteiger partial charge in [-0.25, -0.2) is 0 Å². The number of nitrogens with one attached hydrogen (secondary N) is 1. The van der Waals surface area contributed by atoms with E-state index in [0.717, 1.165) is 18.1 Å². The Kier molecular flexibility index (Phi) is 3.69. The Hall–Kier alpha value is -0.120. The second-order valence-electron chi connectivity index (χ2n) is 5.93. The molecular weight excluding hydrogens is 210 g/mol. The van der Waals surface area contributed by atoms with E-state index in [1.165, 1.54) is 64.8 Å². The molecule has 0 bridgehead atoms. The molecule has 0 aliphatic carbocycles. The third kappa shape index (κ3) is 2.25. The minimum absolute atomic E-state index is 0.812. The number of rotatable bonds is 3. The first-order chi connectivity index (χ1) is 8.40. The van der Waals surface area contributed by atoms with Crippen molar-refractivity contribution in [3.05, 3.63) is 0 Å². The van der Waals surface area contributed by atoms with Crippen molar-refractivity contribution in [3.63, 3.8) is 0 Å². The second kappa shape index (κ2) is 5.25. The van der Waals surface area contributed by atoms with Gasteiger partial charge in [-0.05, 0) is 45.3 Å². The van der Waals surface area contributed by atoms with Crippen LogP contribution < -0.4 is 5.32 Å². The van der Waals surface area contributed by atoms with Crippen LogP contribution in [0.3, 0.4) is 0 Å². The second-order valence-corrected chi connectivity index (χ2v) is 5.93. The molecule has 0 radical (unpaired) electrons. The number of fused-ring (bicyclic) bond motifs is 1. The van der Waals surface area contributed by atoms with Gasteiger partial charge in [-0.2, -0.15) is 0 Å². The molecule has 17 heavy (non-hydrogen) atoms. The topological polar surface area (TPSA) is 18.5 Å². The van der Waals surface area contributed by atoms with E-state index in [-0.39, 0.29) is 0 Å². The van der Waals surface area contributed by atoms with Crippen molar-refractivity contribution >= 4 is 0 Å². The summed E-state index contributed by atoms with van der Waals surface area (Å²) in [6.07, 6.45) is 7.10. The summed E-state index contributed by atoms with van der Waals surface area (Å²) in [5, 5.41) is 3.53. The number of nitrogens with zero attached hydrogens (tertiary/aromatic N) is 2. The summed E-state index contributed by atoms with van der Waals surface area (Å²) in [6, 6.07) is 2.54. The first-order valence-electron chi connectivity index (χ1n) is 7.60. The van der Waals surface area contributed by atoms with Crippen LogP contribution in [0.15, 0.2) is 0 Å². The summed E-state index contributed by atoms with van der Waals surface area (Å²) in [5.41, 5.74) is 0.